The molecule has 0 N–H and O–H groups in total. The van der Waals surface area contributed by atoms with Crippen LogP contribution in [-0.4, -0.2) is 22.2 Å². The van der Waals surface area contributed by atoms with Crippen molar-refractivity contribution < 1.29 is 9.53 Å². The minimum Gasteiger partial charge on any atom is -0.485 e. The summed E-state index contributed by atoms with van der Waals surface area (Å²) in [4.78, 5) is 12.2. The Morgan fingerprint density at radius 2 is 2.15 bits per heavy atom. The summed E-state index contributed by atoms with van der Waals surface area (Å²) in [5.41, 5.74) is 0.365. The highest BCUT2D eigenvalue weighted by Crippen LogP contribution is 2.21. The maximum Gasteiger partial charge on any atom is 0.219 e. The molecular formula is C14H14Cl2N2O2. The molecule has 2 rings (SSSR count). The van der Waals surface area contributed by atoms with Crippen LogP contribution in [0.15, 0.2) is 30.5 Å². The molecule has 20 heavy (non-hydrogen) atoms. The predicted molar refractivity (Wildman–Crippen MR) is 78.9 cm³/mol. The summed E-state index contributed by atoms with van der Waals surface area (Å²) in [5.74, 6) is 0.318. The van der Waals surface area contributed by atoms with E-state index >= 15 is 0 Å². The maximum absolute atomic E-state index is 12.2. The second-order valence-electron chi connectivity index (χ2n) is 4.55. The summed E-state index contributed by atoms with van der Waals surface area (Å²) in [5, 5.41) is 4.98. The number of aromatic nitrogens is 2. The van der Waals surface area contributed by atoms with Gasteiger partial charge in [-0.05, 0) is 32.0 Å². The number of hydrogen-bond acceptors (Lipinski definition) is 3. The van der Waals surface area contributed by atoms with Gasteiger partial charge in [-0.15, -0.1) is 0 Å². The Labute approximate surface area is 127 Å². The lowest BCUT2D eigenvalue weighted by molar-refractivity contribution is 0.0909. The van der Waals surface area contributed by atoms with Gasteiger partial charge in [0.15, 0.2) is 6.61 Å². The van der Waals surface area contributed by atoms with Gasteiger partial charge in [0, 0.05) is 11.1 Å². The summed E-state index contributed by atoms with van der Waals surface area (Å²) < 4.78 is 7.02. The molecule has 106 valence electrons. The van der Waals surface area contributed by atoms with Crippen molar-refractivity contribution in [2.45, 2.75) is 19.9 Å². The third kappa shape index (κ3) is 3.32. The predicted octanol–water partition coefficient (Wildman–Crippen LogP) is 4.03. The van der Waals surface area contributed by atoms with Crippen LogP contribution in [0.25, 0.3) is 0 Å². The summed E-state index contributed by atoms with van der Waals surface area (Å²) in [6.45, 7) is 3.74. The van der Waals surface area contributed by atoms with Gasteiger partial charge in [0.25, 0.3) is 0 Å². The van der Waals surface area contributed by atoms with E-state index in [1.54, 1.807) is 28.9 Å². The lowest BCUT2D eigenvalue weighted by Gasteiger charge is -2.11. The number of Topliss-reactive ketones (excluding diaryl/α,β-unsaturated/α-hetero) is 1. The molecule has 0 saturated carbocycles. The quantitative estimate of drug-likeness (QED) is 0.783. The third-order valence-corrected chi connectivity index (χ3v) is 3.18. The molecule has 0 saturated heterocycles. The smallest absolute Gasteiger partial charge is 0.219 e. The third-order valence-electron chi connectivity index (χ3n) is 2.67. The first-order valence-corrected chi connectivity index (χ1v) is 6.89. The summed E-state index contributed by atoms with van der Waals surface area (Å²) >= 11 is 11.9. The Hall–Kier alpha value is -1.52. The van der Waals surface area contributed by atoms with Crippen LogP contribution in [0, 0.1) is 0 Å². The number of nitrogens with zero attached hydrogens (tertiary/aromatic N) is 2. The average Bonchev–Trinajstić information content (AvgIpc) is 2.78. The highest BCUT2D eigenvalue weighted by Gasteiger charge is 2.19. The van der Waals surface area contributed by atoms with Crippen molar-refractivity contribution in [2.24, 2.45) is 0 Å². The number of ketones is 1. The van der Waals surface area contributed by atoms with Crippen LogP contribution in [0.2, 0.25) is 10.0 Å². The maximum atomic E-state index is 12.2. The molecule has 6 heteroatoms. The molecule has 0 spiro atoms. The molecule has 0 aliphatic carbocycles. The van der Waals surface area contributed by atoms with Crippen LogP contribution in [0.3, 0.4) is 0 Å². The molecule has 1 aromatic heterocycles. The van der Waals surface area contributed by atoms with E-state index < -0.39 is 0 Å². The minimum absolute atomic E-state index is 0.0487. The Morgan fingerprint density at radius 3 is 2.80 bits per heavy atom. The van der Waals surface area contributed by atoms with Gasteiger partial charge in [0.1, 0.15) is 11.4 Å². The Kier molecular flexibility index (Phi) is 4.68. The fraction of sp³-hybridized carbons (Fsp3) is 0.286. The van der Waals surface area contributed by atoms with Crippen LogP contribution in [0.4, 0.5) is 0 Å². The van der Waals surface area contributed by atoms with Crippen LogP contribution in [0.1, 0.15) is 30.4 Å². The SMILES string of the molecule is CC(C)n1ncc(Cl)c1C(=O)COc1cccc(Cl)c1. The van der Waals surface area contributed by atoms with Crippen molar-refractivity contribution in [3.05, 3.63) is 46.2 Å². The van der Waals surface area contributed by atoms with E-state index in [0.29, 0.717) is 21.5 Å². The molecule has 0 radical (unpaired) electrons. The topological polar surface area (TPSA) is 44.1 Å². The molecule has 0 aliphatic heterocycles. The van der Waals surface area contributed by atoms with Crippen molar-refractivity contribution in [3.63, 3.8) is 0 Å². The van der Waals surface area contributed by atoms with Crippen molar-refractivity contribution >= 4 is 29.0 Å². The van der Waals surface area contributed by atoms with Gasteiger partial charge >= 0.3 is 0 Å². The van der Waals surface area contributed by atoms with Crippen LogP contribution in [0.5, 0.6) is 5.75 Å². The second-order valence-corrected chi connectivity index (χ2v) is 5.39. The van der Waals surface area contributed by atoms with E-state index in [1.807, 2.05) is 13.8 Å². The van der Waals surface area contributed by atoms with Crippen molar-refractivity contribution in [3.8, 4) is 5.75 Å². The fourth-order valence-electron chi connectivity index (χ4n) is 1.77. The van der Waals surface area contributed by atoms with Gasteiger partial charge in [0.05, 0.1) is 11.2 Å². The Morgan fingerprint density at radius 1 is 1.40 bits per heavy atom. The first-order chi connectivity index (χ1) is 9.49. The highest BCUT2D eigenvalue weighted by molar-refractivity contribution is 6.33. The monoisotopic (exact) mass is 312 g/mol. The number of hydrogen-bond donors (Lipinski definition) is 0. The number of carbonyl (C=O) groups is 1. The number of ether oxygens (including phenoxy) is 1. The molecule has 0 fully saturated rings. The number of halogens is 2. The Bertz CT molecular complexity index is 623. The zero-order valence-electron chi connectivity index (χ0n) is 11.1. The normalized spacial score (nSPS) is 10.8. The van der Waals surface area contributed by atoms with Crippen molar-refractivity contribution in [1.29, 1.82) is 0 Å². The van der Waals surface area contributed by atoms with Gasteiger partial charge in [-0.3, -0.25) is 9.48 Å². The first-order valence-electron chi connectivity index (χ1n) is 6.13. The summed E-state index contributed by atoms with van der Waals surface area (Å²) in [7, 11) is 0. The summed E-state index contributed by atoms with van der Waals surface area (Å²) in [6.07, 6.45) is 1.47. The van der Waals surface area contributed by atoms with Crippen LogP contribution < -0.4 is 4.74 Å². The van der Waals surface area contributed by atoms with E-state index in [2.05, 4.69) is 5.10 Å². The molecule has 0 unspecified atom stereocenters. The van der Waals surface area contributed by atoms with E-state index in [1.165, 1.54) is 6.20 Å². The molecule has 0 atom stereocenters. The number of rotatable bonds is 5. The van der Waals surface area contributed by atoms with Crippen molar-refractivity contribution in [2.75, 3.05) is 6.61 Å². The fourth-order valence-corrected chi connectivity index (χ4v) is 2.18. The second kappa shape index (κ2) is 6.29. The zero-order chi connectivity index (χ0) is 14.7. The molecule has 1 heterocycles. The molecule has 1 aromatic carbocycles. The largest absolute Gasteiger partial charge is 0.485 e. The van der Waals surface area contributed by atoms with Gasteiger partial charge in [-0.25, -0.2) is 0 Å². The average molecular weight is 313 g/mol. The lowest BCUT2D eigenvalue weighted by atomic mass is 10.2. The molecule has 0 aliphatic rings. The van der Waals surface area contributed by atoms with Crippen LogP contribution >= 0.6 is 23.2 Å². The highest BCUT2D eigenvalue weighted by atomic mass is 35.5. The van der Waals surface area contributed by atoms with Gasteiger partial charge in [-0.2, -0.15) is 5.10 Å². The lowest BCUT2D eigenvalue weighted by Crippen LogP contribution is -2.18. The van der Waals surface area contributed by atoms with Crippen LogP contribution in [-0.2, 0) is 0 Å². The Balaban J connectivity index is 2.11. The zero-order valence-corrected chi connectivity index (χ0v) is 12.6. The molecule has 4 nitrogen and oxygen atoms in total. The minimum atomic E-state index is -0.221. The molecular weight excluding hydrogens is 299 g/mol. The molecule has 2 aromatic rings. The summed E-state index contributed by atoms with van der Waals surface area (Å²) in [6, 6.07) is 6.93. The molecule has 0 amide bonds. The van der Waals surface area contributed by atoms with Gasteiger partial charge in [-0.1, -0.05) is 29.3 Å². The van der Waals surface area contributed by atoms with E-state index in [4.69, 9.17) is 27.9 Å². The van der Waals surface area contributed by atoms with E-state index in [0.717, 1.165) is 0 Å². The van der Waals surface area contributed by atoms with E-state index in [-0.39, 0.29) is 18.4 Å². The first kappa shape index (κ1) is 14.9. The number of carbonyl (C=O) groups excluding carboxylic acids is 1. The molecule has 0 bridgehead atoms. The standard InChI is InChI=1S/C14H14Cl2N2O2/c1-9(2)18-14(12(16)7-17-18)13(19)8-20-11-5-3-4-10(15)6-11/h3-7,9H,8H2,1-2H3. The van der Waals surface area contributed by atoms with Crippen molar-refractivity contribution in [1.82, 2.24) is 9.78 Å². The van der Waals surface area contributed by atoms with E-state index in [9.17, 15) is 4.79 Å². The van der Waals surface area contributed by atoms with Gasteiger partial charge < -0.3 is 4.74 Å². The number of benzene rings is 1. The van der Waals surface area contributed by atoms with Gasteiger partial charge in [0.2, 0.25) is 5.78 Å².